The van der Waals surface area contributed by atoms with Crippen LogP contribution >= 0.6 is 15.9 Å². The minimum atomic E-state index is 1.08. The molecule has 1 aromatic heterocycles. The van der Waals surface area contributed by atoms with E-state index in [1.807, 2.05) is 0 Å². The van der Waals surface area contributed by atoms with Crippen LogP contribution in [0, 0.1) is 6.92 Å². The Kier molecular flexibility index (Phi) is 1.96. The minimum Gasteiger partial charge on any atom is -0.353 e. The molecule has 0 saturated heterocycles. The van der Waals surface area contributed by atoms with Crippen LogP contribution in [-0.2, 0) is 6.42 Å². The Morgan fingerprint density at radius 2 is 2.33 bits per heavy atom. The van der Waals surface area contributed by atoms with Gasteiger partial charge in [0.1, 0.15) is 0 Å². The Hall–Kier alpha value is -0.240. The lowest BCUT2D eigenvalue weighted by molar-refractivity contribution is 1.04. The van der Waals surface area contributed by atoms with Gasteiger partial charge in [-0.15, -0.1) is 0 Å². The van der Waals surface area contributed by atoms with E-state index in [-0.39, 0.29) is 0 Å². The molecule has 0 radical (unpaired) electrons. The maximum atomic E-state index is 3.37. The van der Waals surface area contributed by atoms with Crippen LogP contribution in [-0.4, -0.2) is 4.98 Å². The zero-order chi connectivity index (χ0) is 6.85. The van der Waals surface area contributed by atoms with Gasteiger partial charge < -0.3 is 4.98 Å². The predicted molar refractivity (Wildman–Crippen MR) is 42.6 cm³/mol. The molecule has 1 nitrogen and oxygen atoms in total. The average molecular weight is 188 g/mol. The van der Waals surface area contributed by atoms with Gasteiger partial charge in [-0.1, -0.05) is 6.92 Å². The second-order valence-electron chi connectivity index (χ2n) is 2.13. The maximum Gasteiger partial charge on any atom is 0.0824 e. The molecule has 0 bridgehead atoms. The Morgan fingerprint density at radius 1 is 1.67 bits per heavy atom. The first-order valence-corrected chi connectivity index (χ1v) is 3.87. The molecular weight excluding hydrogens is 178 g/mol. The van der Waals surface area contributed by atoms with Crippen LogP contribution in [0.25, 0.3) is 0 Å². The Bertz CT molecular complexity index is 203. The maximum absolute atomic E-state index is 3.37. The van der Waals surface area contributed by atoms with Crippen molar-refractivity contribution >= 4 is 15.9 Å². The first-order valence-electron chi connectivity index (χ1n) is 3.08. The summed E-state index contributed by atoms with van der Waals surface area (Å²) in [7, 11) is 0. The summed E-state index contributed by atoms with van der Waals surface area (Å²) in [6.07, 6.45) is 1.08. The SMILES string of the molecule is CCc1[nH]c(Br)cc1C. The van der Waals surface area contributed by atoms with E-state index >= 15 is 0 Å². The quantitative estimate of drug-likeness (QED) is 0.697. The average Bonchev–Trinajstić information content (AvgIpc) is 2.10. The van der Waals surface area contributed by atoms with Crippen molar-refractivity contribution in [2.24, 2.45) is 0 Å². The number of rotatable bonds is 1. The van der Waals surface area contributed by atoms with Crippen molar-refractivity contribution in [1.82, 2.24) is 4.98 Å². The molecule has 1 rings (SSSR count). The second-order valence-corrected chi connectivity index (χ2v) is 2.99. The van der Waals surface area contributed by atoms with Crippen LogP contribution < -0.4 is 0 Å². The first-order chi connectivity index (χ1) is 4.24. The molecule has 0 saturated carbocycles. The highest BCUT2D eigenvalue weighted by atomic mass is 79.9. The third-order valence-corrected chi connectivity index (χ3v) is 1.87. The van der Waals surface area contributed by atoms with Gasteiger partial charge in [0.2, 0.25) is 0 Å². The monoisotopic (exact) mass is 187 g/mol. The molecule has 0 unspecified atom stereocenters. The zero-order valence-electron chi connectivity index (χ0n) is 5.66. The number of halogens is 1. The fraction of sp³-hybridized carbons (Fsp3) is 0.429. The number of aromatic nitrogens is 1. The van der Waals surface area contributed by atoms with Crippen molar-refractivity contribution in [3.8, 4) is 0 Å². The van der Waals surface area contributed by atoms with Crippen molar-refractivity contribution in [2.75, 3.05) is 0 Å². The molecule has 0 spiro atoms. The molecule has 1 heterocycles. The number of nitrogens with one attached hydrogen (secondary N) is 1. The van der Waals surface area contributed by atoms with E-state index in [0.29, 0.717) is 0 Å². The molecule has 50 valence electrons. The Balaban J connectivity index is 3.01. The summed E-state index contributed by atoms with van der Waals surface area (Å²) in [6, 6.07) is 2.10. The highest BCUT2D eigenvalue weighted by Gasteiger charge is 1.97. The lowest BCUT2D eigenvalue weighted by Crippen LogP contribution is -1.80. The molecule has 0 aliphatic heterocycles. The lowest BCUT2D eigenvalue weighted by atomic mass is 10.2. The highest BCUT2D eigenvalue weighted by Crippen LogP contribution is 2.14. The highest BCUT2D eigenvalue weighted by molar-refractivity contribution is 9.10. The Labute approximate surface area is 63.6 Å². The summed E-state index contributed by atoms with van der Waals surface area (Å²) in [4.78, 5) is 3.21. The minimum absolute atomic E-state index is 1.08. The van der Waals surface area contributed by atoms with Gasteiger partial charge in [0.15, 0.2) is 0 Å². The summed E-state index contributed by atoms with van der Waals surface area (Å²) < 4.78 is 1.08. The topological polar surface area (TPSA) is 15.8 Å². The van der Waals surface area contributed by atoms with Gasteiger partial charge >= 0.3 is 0 Å². The molecule has 1 aromatic rings. The molecule has 0 aromatic carbocycles. The van der Waals surface area contributed by atoms with Crippen LogP contribution in [0.5, 0.6) is 0 Å². The van der Waals surface area contributed by atoms with Gasteiger partial charge in [-0.2, -0.15) is 0 Å². The summed E-state index contributed by atoms with van der Waals surface area (Å²) >= 11 is 3.37. The summed E-state index contributed by atoms with van der Waals surface area (Å²) in [5.41, 5.74) is 2.66. The van der Waals surface area contributed by atoms with Gasteiger partial charge in [0, 0.05) is 5.69 Å². The standard InChI is InChI=1S/C7H10BrN/c1-3-6-5(2)4-7(8)9-6/h4,9H,3H2,1-2H3. The summed E-state index contributed by atoms with van der Waals surface area (Å²) in [5, 5.41) is 0. The molecule has 2 heteroatoms. The molecule has 0 atom stereocenters. The molecule has 0 amide bonds. The number of aromatic amines is 1. The fourth-order valence-corrected chi connectivity index (χ4v) is 1.51. The largest absolute Gasteiger partial charge is 0.353 e. The third kappa shape index (κ3) is 1.36. The van der Waals surface area contributed by atoms with Crippen molar-refractivity contribution in [2.45, 2.75) is 20.3 Å². The molecule has 0 fully saturated rings. The van der Waals surface area contributed by atoms with Gasteiger partial charge in [-0.3, -0.25) is 0 Å². The van der Waals surface area contributed by atoms with Crippen molar-refractivity contribution in [3.05, 3.63) is 21.9 Å². The third-order valence-electron chi connectivity index (χ3n) is 1.44. The van der Waals surface area contributed by atoms with Crippen molar-refractivity contribution < 1.29 is 0 Å². The number of hydrogen-bond acceptors (Lipinski definition) is 0. The number of H-pyrrole nitrogens is 1. The van der Waals surface area contributed by atoms with Gasteiger partial charge in [0.05, 0.1) is 4.60 Å². The predicted octanol–water partition coefficient (Wildman–Crippen LogP) is 2.65. The zero-order valence-corrected chi connectivity index (χ0v) is 7.25. The van der Waals surface area contributed by atoms with Crippen molar-refractivity contribution in [3.63, 3.8) is 0 Å². The van der Waals surface area contributed by atoms with E-state index in [1.165, 1.54) is 11.3 Å². The van der Waals surface area contributed by atoms with E-state index < -0.39 is 0 Å². The van der Waals surface area contributed by atoms with Crippen molar-refractivity contribution in [1.29, 1.82) is 0 Å². The van der Waals surface area contributed by atoms with Crippen LogP contribution in [0.4, 0.5) is 0 Å². The van der Waals surface area contributed by atoms with Crippen LogP contribution in [0.3, 0.4) is 0 Å². The molecular formula is C7H10BrN. The fourth-order valence-electron chi connectivity index (χ4n) is 0.923. The van der Waals surface area contributed by atoms with E-state index in [0.717, 1.165) is 11.0 Å². The van der Waals surface area contributed by atoms with E-state index in [2.05, 4.69) is 40.8 Å². The normalized spacial score (nSPS) is 10.1. The summed E-state index contributed by atoms with van der Waals surface area (Å²) in [5.74, 6) is 0. The second kappa shape index (κ2) is 2.56. The van der Waals surface area contributed by atoms with Crippen LogP contribution in [0.2, 0.25) is 0 Å². The molecule has 0 aliphatic carbocycles. The van der Waals surface area contributed by atoms with E-state index in [4.69, 9.17) is 0 Å². The van der Waals surface area contributed by atoms with Crippen LogP contribution in [0.15, 0.2) is 10.7 Å². The molecule has 0 aliphatic rings. The number of hydrogen-bond donors (Lipinski definition) is 1. The van der Waals surface area contributed by atoms with Gasteiger partial charge in [-0.25, -0.2) is 0 Å². The summed E-state index contributed by atoms with van der Waals surface area (Å²) in [6.45, 7) is 4.26. The lowest BCUT2D eigenvalue weighted by Gasteiger charge is -1.89. The number of aryl methyl sites for hydroxylation is 2. The first kappa shape index (κ1) is 6.87. The smallest absolute Gasteiger partial charge is 0.0824 e. The van der Waals surface area contributed by atoms with Crippen LogP contribution in [0.1, 0.15) is 18.2 Å². The van der Waals surface area contributed by atoms with Gasteiger partial charge in [-0.05, 0) is 40.9 Å². The van der Waals surface area contributed by atoms with Gasteiger partial charge in [0.25, 0.3) is 0 Å². The Morgan fingerprint density at radius 3 is 2.56 bits per heavy atom. The molecule has 1 N–H and O–H groups in total. The van der Waals surface area contributed by atoms with E-state index in [1.54, 1.807) is 0 Å². The molecule has 9 heavy (non-hydrogen) atoms. The van der Waals surface area contributed by atoms with E-state index in [9.17, 15) is 0 Å².